The van der Waals surface area contributed by atoms with E-state index in [1.165, 1.54) is 0 Å². The molecule has 7 nitrogen and oxygen atoms in total. The van der Waals surface area contributed by atoms with E-state index in [4.69, 9.17) is 5.73 Å². The second kappa shape index (κ2) is 5.66. The number of nitrogens with zero attached hydrogens (tertiary/aromatic N) is 3. The fourth-order valence-corrected chi connectivity index (χ4v) is 3.66. The van der Waals surface area contributed by atoms with Crippen molar-refractivity contribution in [3.05, 3.63) is 36.5 Å². The highest BCUT2D eigenvalue weighted by molar-refractivity contribution is 5.92. The number of amides is 1. The maximum absolute atomic E-state index is 12.5. The minimum Gasteiger partial charge on any atom is -0.481 e. The molecule has 1 aromatic heterocycles. The second-order valence-electron chi connectivity index (χ2n) is 6.24. The summed E-state index contributed by atoms with van der Waals surface area (Å²) in [7, 11) is 0. The average Bonchev–Trinajstić information content (AvgIpc) is 2.99. The molecule has 0 radical (unpaired) electrons. The molecule has 2 atom stereocenters. The van der Waals surface area contributed by atoms with E-state index in [1.807, 2.05) is 11.0 Å². The van der Waals surface area contributed by atoms with Crippen molar-refractivity contribution in [2.75, 3.05) is 31.9 Å². The molecule has 0 saturated carbocycles. The standard InChI is InChI=1S/C16H20N4O3/c1-2-6-20-10-16(15(22)23)9-19(8-12(16)14(20)21)7-11-4-3-5-18-13(11)17/h2-5,12H,1,6-10H2,(H2,17,18)(H,22,23)/t12-,16-/m1/s1. The number of likely N-dealkylation sites (tertiary alicyclic amines) is 2. The Balaban J connectivity index is 1.81. The lowest BCUT2D eigenvalue weighted by Gasteiger charge is -2.24. The van der Waals surface area contributed by atoms with Crippen molar-refractivity contribution >= 4 is 17.7 Å². The van der Waals surface area contributed by atoms with Crippen molar-refractivity contribution in [1.29, 1.82) is 0 Å². The predicted octanol–water partition coefficient (Wildman–Crippen LogP) is 0.195. The minimum atomic E-state index is -1.04. The van der Waals surface area contributed by atoms with Crippen molar-refractivity contribution in [2.24, 2.45) is 11.3 Å². The number of carbonyl (C=O) groups is 2. The van der Waals surface area contributed by atoms with Crippen LogP contribution in [0.4, 0.5) is 5.82 Å². The molecule has 2 aliphatic rings. The number of rotatable bonds is 5. The maximum atomic E-state index is 12.5. The van der Waals surface area contributed by atoms with Gasteiger partial charge in [0.2, 0.25) is 5.91 Å². The molecule has 2 aliphatic heterocycles. The third-order valence-corrected chi connectivity index (χ3v) is 4.79. The molecule has 0 bridgehead atoms. The normalized spacial score (nSPS) is 27.2. The zero-order valence-corrected chi connectivity index (χ0v) is 12.8. The molecule has 0 aliphatic carbocycles. The van der Waals surface area contributed by atoms with Gasteiger partial charge in [-0.15, -0.1) is 6.58 Å². The van der Waals surface area contributed by atoms with Crippen LogP contribution in [0.2, 0.25) is 0 Å². The summed E-state index contributed by atoms with van der Waals surface area (Å²) in [6.45, 7) is 5.51. The van der Waals surface area contributed by atoms with Crippen molar-refractivity contribution in [3.8, 4) is 0 Å². The fourth-order valence-electron chi connectivity index (χ4n) is 3.66. The molecule has 1 amide bonds. The third-order valence-electron chi connectivity index (χ3n) is 4.79. The van der Waals surface area contributed by atoms with Gasteiger partial charge in [-0.1, -0.05) is 12.1 Å². The maximum Gasteiger partial charge on any atom is 0.313 e. The minimum absolute atomic E-state index is 0.103. The Bertz CT molecular complexity index is 662. The summed E-state index contributed by atoms with van der Waals surface area (Å²) in [6.07, 6.45) is 3.25. The van der Waals surface area contributed by atoms with E-state index in [1.54, 1.807) is 23.2 Å². The van der Waals surface area contributed by atoms with E-state index in [2.05, 4.69) is 11.6 Å². The molecule has 0 spiro atoms. The van der Waals surface area contributed by atoms with Crippen LogP contribution in [0.25, 0.3) is 0 Å². The van der Waals surface area contributed by atoms with Crippen LogP contribution in [0.3, 0.4) is 0 Å². The molecule has 122 valence electrons. The molecule has 1 aromatic rings. The summed E-state index contributed by atoms with van der Waals surface area (Å²) < 4.78 is 0. The van der Waals surface area contributed by atoms with Crippen LogP contribution in [-0.4, -0.2) is 57.9 Å². The van der Waals surface area contributed by atoms with Gasteiger partial charge in [0.1, 0.15) is 11.2 Å². The summed E-state index contributed by atoms with van der Waals surface area (Å²) in [6, 6.07) is 3.67. The molecular weight excluding hydrogens is 296 g/mol. The number of pyridine rings is 1. The van der Waals surface area contributed by atoms with Gasteiger partial charge in [-0.2, -0.15) is 0 Å². The SMILES string of the molecule is C=CCN1C[C@]2(C(=O)O)CN(Cc3cccnc3N)C[C@@H]2C1=O. The van der Waals surface area contributed by atoms with Gasteiger partial charge in [-0.25, -0.2) is 4.98 Å². The summed E-state index contributed by atoms with van der Waals surface area (Å²) in [5.74, 6) is -1.09. The van der Waals surface area contributed by atoms with Gasteiger partial charge < -0.3 is 15.7 Å². The lowest BCUT2D eigenvalue weighted by molar-refractivity contribution is -0.149. The highest BCUT2D eigenvalue weighted by Gasteiger charge is 2.61. The first-order valence-corrected chi connectivity index (χ1v) is 7.53. The lowest BCUT2D eigenvalue weighted by Crippen LogP contribution is -2.40. The Morgan fingerprint density at radius 1 is 1.57 bits per heavy atom. The number of hydrogen-bond acceptors (Lipinski definition) is 5. The Hall–Kier alpha value is -2.41. The highest BCUT2D eigenvalue weighted by atomic mass is 16.4. The molecule has 3 rings (SSSR count). The van der Waals surface area contributed by atoms with E-state index in [0.717, 1.165) is 5.56 Å². The van der Waals surface area contributed by atoms with E-state index < -0.39 is 17.3 Å². The Morgan fingerprint density at radius 2 is 2.35 bits per heavy atom. The van der Waals surface area contributed by atoms with Crippen molar-refractivity contribution in [3.63, 3.8) is 0 Å². The van der Waals surface area contributed by atoms with Crippen LogP contribution in [0, 0.1) is 11.3 Å². The second-order valence-corrected chi connectivity index (χ2v) is 6.24. The van der Waals surface area contributed by atoms with Crippen molar-refractivity contribution in [1.82, 2.24) is 14.8 Å². The predicted molar refractivity (Wildman–Crippen MR) is 84.3 cm³/mol. The molecule has 0 aromatic carbocycles. The van der Waals surface area contributed by atoms with Crippen LogP contribution in [0.5, 0.6) is 0 Å². The van der Waals surface area contributed by atoms with E-state index in [9.17, 15) is 14.7 Å². The average molecular weight is 316 g/mol. The molecule has 3 heterocycles. The summed E-state index contributed by atoms with van der Waals surface area (Å²) in [4.78, 5) is 32.0. The molecule has 2 saturated heterocycles. The third kappa shape index (κ3) is 2.46. The van der Waals surface area contributed by atoms with Crippen molar-refractivity contribution in [2.45, 2.75) is 6.54 Å². The summed E-state index contributed by atoms with van der Waals surface area (Å²) in [5, 5.41) is 9.75. The number of aliphatic carboxylic acids is 1. The van der Waals surface area contributed by atoms with Crippen LogP contribution in [-0.2, 0) is 16.1 Å². The first-order chi connectivity index (χ1) is 11.0. The number of anilines is 1. The highest BCUT2D eigenvalue weighted by Crippen LogP contribution is 2.44. The quantitative estimate of drug-likeness (QED) is 0.753. The van der Waals surface area contributed by atoms with Gasteiger partial charge in [-0.05, 0) is 6.07 Å². The number of carboxylic acids is 1. The summed E-state index contributed by atoms with van der Waals surface area (Å²) >= 11 is 0. The number of carboxylic acid groups (broad SMARTS) is 1. The van der Waals surface area contributed by atoms with Gasteiger partial charge in [0, 0.05) is 44.5 Å². The van der Waals surface area contributed by atoms with Crippen molar-refractivity contribution < 1.29 is 14.7 Å². The smallest absolute Gasteiger partial charge is 0.313 e. The molecule has 7 heteroatoms. The lowest BCUT2D eigenvalue weighted by atomic mass is 9.81. The number of aromatic nitrogens is 1. The topological polar surface area (TPSA) is 99.8 Å². The van der Waals surface area contributed by atoms with Crippen LogP contribution < -0.4 is 5.73 Å². The Morgan fingerprint density at radius 3 is 2.96 bits per heavy atom. The molecule has 3 N–H and O–H groups in total. The number of hydrogen-bond donors (Lipinski definition) is 2. The van der Waals surface area contributed by atoms with Crippen LogP contribution >= 0.6 is 0 Å². The van der Waals surface area contributed by atoms with E-state index in [-0.39, 0.29) is 12.5 Å². The number of nitrogens with two attached hydrogens (primary N) is 1. The van der Waals surface area contributed by atoms with Gasteiger partial charge in [0.25, 0.3) is 0 Å². The fraction of sp³-hybridized carbons (Fsp3) is 0.438. The summed E-state index contributed by atoms with van der Waals surface area (Å²) in [5.41, 5.74) is 5.66. The number of nitrogen functional groups attached to an aromatic ring is 1. The number of carbonyl (C=O) groups excluding carboxylic acids is 1. The first kappa shape index (κ1) is 15.5. The van der Waals surface area contributed by atoms with Crippen LogP contribution in [0.15, 0.2) is 31.0 Å². The number of fused-ring (bicyclic) bond motifs is 1. The van der Waals surface area contributed by atoms with E-state index in [0.29, 0.717) is 32.0 Å². The molecule has 0 unspecified atom stereocenters. The Labute approximate surface area is 134 Å². The molecular formula is C16H20N4O3. The Kier molecular flexibility index (Phi) is 3.81. The van der Waals surface area contributed by atoms with Gasteiger partial charge in [0.15, 0.2) is 0 Å². The van der Waals surface area contributed by atoms with E-state index >= 15 is 0 Å². The van der Waals surface area contributed by atoms with Gasteiger partial charge in [-0.3, -0.25) is 14.5 Å². The zero-order chi connectivity index (χ0) is 16.6. The molecule has 23 heavy (non-hydrogen) atoms. The largest absolute Gasteiger partial charge is 0.481 e. The van der Waals surface area contributed by atoms with Crippen LogP contribution in [0.1, 0.15) is 5.56 Å². The monoisotopic (exact) mass is 316 g/mol. The zero-order valence-electron chi connectivity index (χ0n) is 12.8. The van der Waals surface area contributed by atoms with Gasteiger partial charge in [0.05, 0.1) is 5.92 Å². The first-order valence-electron chi connectivity index (χ1n) is 7.53. The molecule has 2 fully saturated rings. The van der Waals surface area contributed by atoms with Gasteiger partial charge >= 0.3 is 5.97 Å².